The Morgan fingerprint density at radius 1 is 0.619 bits per heavy atom. The Morgan fingerprint density at radius 2 is 1.29 bits per heavy atom. The lowest BCUT2D eigenvalue weighted by molar-refractivity contribution is 0.626. The molecule has 2 heteroatoms. The third kappa shape index (κ3) is 1.87. The van der Waals surface area contributed by atoms with Crippen molar-refractivity contribution in [1.29, 1.82) is 0 Å². The fraction of sp³-hybridized carbons (Fsp3) is 0.0526. The van der Waals surface area contributed by atoms with E-state index >= 15 is 0 Å². The quantitative estimate of drug-likeness (QED) is 0.453. The Bertz CT molecular complexity index is 819. The third-order valence-electron chi connectivity index (χ3n) is 4.09. The first-order valence-corrected chi connectivity index (χ1v) is 6.88. The van der Waals surface area contributed by atoms with E-state index in [1.54, 1.807) is 18.2 Å². The van der Waals surface area contributed by atoms with Crippen LogP contribution in [0, 0.1) is 11.6 Å². The highest BCUT2D eigenvalue weighted by Gasteiger charge is 2.29. The minimum atomic E-state index is -0.246. The highest BCUT2D eigenvalue weighted by atomic mass is 19.1. The molecule has 0 amide bonds. The van der Waals surface area contributed by atoms with Gasteiger partial charge in [-0.15, -0.1) is 0 Å². The van der Waals surface area contributed by atoms with E-state index in [-0.39, 0.29) is 17.6 Å². The van der Waals surface area contributed by atoms with Gasteiger partial charge < -0.3 is 0 Å². The van der Waals surface area contributed by atoms with E-state index < -0.39 is 0 Å². The Balaban J connectivity index is 1.98. The first-order chi connectivity index (χ1) is 10.2. The van der Waals surface area contributed by atoms with Crippen LogP contribution in [0.4, 0.5) is 8.78 Å². The molecule has 102 valence electrons. The van der Waals surface area contributed by atoms with Gasteiger partial charge in [0, 0.05) is 5.92 Å². The monoisotopic (exact) mass is 278 g/mol. The maximum absolute atomic E-state index is 13.6. The van der Waals surface area contributed by atoms with Crippen LogP contribution in [0.25, 0.3) is 11.1 Å². The van der Waals surface area contributed by atoms with Gasteiger partial charge in [0.05, 0.1) is 0 Å². The average molecular weight is 278 g/mol. The molecule has 0 nitrogen and oxygen atoms in total. The van der Waals surface area contributed by atoms with Crippen LogP contribution in [0.5, 0.6) is 0 Å². The van der Waals surface area contributed by atoms with Crippen molar-refractivity contribution >= 4 is 0 Å². The number of benzene rings is 3. The zero-order valence-corrected chi connectivity index (χ0v) is 11.2. The second-order valence-corrected chi connectivity index (χ2v) is 5.30. The lowest BCUT2D eigenvalue weighted by atomic mass is 9.89. The summed E-state index contributed by atoms with van der Waals surface area (Å²) in [4.78, 5) is 0. The van der Waals surface area contributed by atoms with Crippen molar-refractivity contribution in [2.75, 3.05) is 0 Å². The van der Waals surface area contributed by atoms with Crippen LogP contribution >= 0.6 is 0 Å². The van der Waals surface area contributed by atoms with Gasteiger partial charge in [0.25, 0.3) is 0 Å². The summed E-state index contributed by atoms with van der Waals surface area (Å²) >= 11 is 0. The molecule has 0 aromatic heterocycles. The van der Waals surface area contributed by atoms with E-state index in [4.69, 9.17) is 0 Å². The molecule has 0 radical (unpaired) electrons. The molecule has 1 aliphatic rings. The van der Waals surface area contributed by atoms with Gasteiger partial charge >= 0.3 is 0 Å². The standard InChI is InChI=1S/C19H12F2/c20-13-7-5-12(6-8-13)19-16-4-2-1-3-15(16)18-11-14(21)9-10-17(18)19/h1-11,19H/t19-/m0/s1. The number of hydrogen-bond donors (Lipinski definition) is 0. The molecular formula is C19H12F2. The van der Waals surface area contributed by atoms with Crippen LogP contribution in [-0.4, -0.2) is 0 Å². The molecule has 0 fully saturated rings. The maximum atomic E-state index is 13.6. The second-order valence-electron chi connectivity index (χ2n) is 5.30. The molecule has 1 aliphatic carbocycles. The van der Waals surface area contributed by atoms with Crippen molar-refractivity contribution in [2.45, 2.75) is 5.92 Å². The normalized spacial score (nSPS) is 15.6. The zero-order valence-electron chi connectivity index (χ0n) is 11.2. The molecule has 0 heterocycles. The summed E-state index contributed by atoms with van der Waals surface area (Å²) in [6, 6.07) is 19.5. The average Bonchev–Trinajstić information content (AvgIpc) is 2.82. The van der Waals surface area contributed by atoms with Crippen LogP contribution < -0.4 is 0 Å². The highest BCUT2D eigenvalue weighted by Crippen LogP contribution is 2.47. The van der Waals surface area contributed by atoms with E-state index in [0.717, 1.165) is 27.8 Å². The molecule has 0 unspecified atom stereocenters. The predicted molar refractivity (Wildman–Crippen MR) is 79.2 cm³/mol. The topological polar surface area (TPSA) is 0 Å². The van der Waals surface area contributed by atoms with Crippen LogP contribution in [0.1, 0.15) is 22.6 Å². The van der Waals surface area contributed by atoms with Gasteiger partial charge in [0.2, 0.25) is 0 Å². The van der Waals surface area contributed by atoms with Crippen LogP contribution in [0.15, 0.2) is 66.7 Å². The fourth-order valence-electron chi connectivity index (χ4n) is 3.19. The molecule has 3 aromatic rings. The van der Waals surface area contributed by atoms with Crippen LogP contribution in [0.2, 0.25) is 0 Å². The highest BCUT2D eigenvalue weighted by molar-refractivity contribution is 5.80. The molecular weight excluding hydrogens is 266 g/mol. The van der Waals surface area contributed by atoms with Gasteiger partial charge in [-0.25, -0.2) is 8.78 Å². The maximum Gasteiger partial charge on any atom is 0.123 e. The van der Waals surface area contributed by atoms with Gasteiger partial charge in [-0.2, -0.15) is 0 Å². The summed E-state index contributed by atoms with van der Waals surface area (Å²) in [5.74, 6) is -0.440. The van der Waals surface area contributed by atoms with Gasteiger partial charge in [0.15, 0.2) is 0 Å². The van der Waals surface area contributed by atoms with E-state index in [1.807, 2.05) is 24.3 Å². The van der Waals surface area contributed by atoms with Crippen molar-refractivity contribution in [3.63, 3.8) is 0 Å². The summed E-state index contributed by atoms with van der Waals surface area (Å²) in [5, 5.41) is 0. The molecule has 1 atom stereocenters. The first-order valence-electron chi connectivity index (χ1n) is 6.88. The SMILES string of the molecule is Fc1ccc([C@H]2c3ccccc3-c3cc(F)ccc32)cc1. The summed E-state index contributed by atoms with van der Waals surface area (Å²) < 4.78 is 26.8. The lowest BCUT2D eigenvalue weighted by Crippen LogP contribution is -1.99. The minimum Gasteiger partial charge on any atom is -0.207 e. The first kappa shape index (κ1) is 12.3. The predicted octanol–water partition coefficient (Wildman–Crippen LogP) is 5.13. The van der Waals surface area contributed by atoms with E-state index in [2.05, 4.69) is 6.07 Å². The Morgan fingerprint density at radius 3 is 2.10 bits per heavy atom. The summed E-state index contributed by atoms with van der Waals surface area (Å²) in [7, 11) is 0. The van der Waals surface area contributed by atoms with Crippen molar-refractivity contribution < 1.29 is 8.78 Å². The summed E-state index contributed by atoms with van der Waals surface area (Å²) in [5.41, 5.74) is 5.23. The molecule has 0 N–H and O–H groups in total. The van der Waals surface area contributed by atoms with Crippen molar-refractivity contribution in [1.82, 2.24) is 0 Å². The van der Waals surface area contributed by atoms with Crippen molar-refractivity contribution in [2.24, 2.45) is 0 Å². The van der Waals surface area contributed by atoms with E-state index in [0.29, 0.717) is 0 Å². The number of rotatable bonds is 1. The fourth-order valence-corrected chi connectivity index (χ4v) is 3.19. The third-order valence-corrected chi connectivity index (χ3v) is 4.09. The molecule has 0 spiro atoms. The molecule has 4 rings (SSSR count). The van der Waals surface area contributed by atoms with Crippen LogP contribution in [0.3, 0.4) is 0 Å². The molecule has 0 aliphatic heterocycles. The molecule has 0 bridgehead atoms. The summed E-state index contributed by atoms with van der Waals surface area (Å²) in [6.45, 7) is 0. The minimum absolute atomic E-state index is 0.0393. The van der Waals surface area contributed by atoms with E-state index in [9.17, 15) is 8.78 Å². The Hall–Kier alpha value is -2.48. The largest absolute Gasteiger partial charge is 0.207 e. The molecule has 3 aromatic carbocycles. The zero-order chi connectivity index (χ0) is 14.4. The number of fused-ring (bicyclic) bond motifs is 3. The van der Waals surface area contributed by atoms with Crippen LogP contribution in [-0.2, 0) is 0 Å². The lowest BCUT2D eigenvalue weighted by Gasteiger charge is -2.14. The van der Waals surface area contributed by atoms with Crippen molar-refractivity contribution in [3.8, 4) is 11.1 Å². The summed E-state index contributed by atoms with van der Waals surface area (Å²) in [6.07, 6.45) is 0. The van der Waals surface area contributed by atoms with Gasteiger partial charge in [0.1, 0.15) is 11.6 Å². The molecule has 0 saturated carbocycles. The second kappa shape index (κ2) is 4.52. The van der Waals surface area contributed by atoms with Gasteiger partial charge in [-0.3, -0.25) is 0 Å². The number of halogens is 2. The van der Waals surface area contributed by atoms with Gasteiger partial charge in [-0.1, -0.05) is 42.5 Å². The molecule has 21 heavy (non-hydrogen) atoms. The Labute approximate surface area is 121 Å². The molecule has 0 saturated heterocycles. The number of hydrogen-bond acceptors (Lipinski definition) is 0. The van der Waals surface area contributed by atoms with E-state index in [1.165, 1.54) is 18.2 Å². The van der Waals surface area contributed by atoms with Crippen molar-refractivity contribution in [3.05, 3.63) is 95.1 Å². The smallest absolute Gasteiger partial charge is 0.123 e. The van der Waals surface area contributed by atoms with Gasteiger partial charge in [-0.05, 0) is 52.1 Å². The Kier molecular flexibility index (Phi) is 2.64.